The molecule has 4 rings (SSSR count). The Balaban J connectivity index is 1.47. The van der Waals surface area contributed by atoms with E-state index in [2.05, 4.69) is 43.1 Å². The number of likely N-dealkylation sites (tertiary alicyclic amines) is 1. The van der Waals surface area contributed by atoms with Gasteiger partial charge >= 0.3 is 6.03 Å². The summed E-state index contributed by atoms with van der Waals surface area (Å²) >= 11 is 0. The summed E-state index contributed by atoms with van der Waals surface area (Å²) in [7, 11) is 0. The molecule has 0 aliphatic carbocycles. The van der Waals surface area contributed by atoms with Crippen LogP contribution in [0.1, 0.15) is 45.6 Å². The van der Waals surface area contributed by atoms with Gasteiger partial charge in [-0.05, 0) is 69.0 Å². The Morgan fingerprint density at radius 3 is 2.81 bits per heavy atom. The number of nitrogens with zero attached hydrogens (tertiary/aromatic N) is 2. The SMILES string of the molecule is CC[C@@H](C)Oc1cccc(CN2CC[C@@]3(CNC(=O)N3c3cccc(F)c3)C[C@H]2C)c1. The van der Waals surface area contributed by atoms with Crippen molar-refractivity contribution in [1.82, 2.24) is 10.2 Å². The Hall–Kier alpha value is -2.60. The summed E-state index contributed by atoms with van der Waals surface area (Å²) in [6.07, 6.45) is 2.86. The van der Waals surface area contributed by atoms with Gasteiger partial charge in [0.2, 0.25) is 0 Å². The van der Waals surface area contributed by atoms with Gasteiger partial charge in [-0.25, -0.2) is 9.18 Å². The van der Waals surface area contributed by atoms with Crippen LogP contribution in [0.4, 0.5) is 14.9 Å². The highest BCUT2D eigenvalue weighted by Crippen LogP contribution is 2.39. The van der Waals surface area contributed by atoms with Crippen LogP contribution in [0.15, 0.2) is 48.5 Å². The van der Waals surface area contributed by atoms with Crippen molar-refractivity contribution in [2.75, 3.05) is 18.0 Å². The van der Waals surface area contributed by atoms with Gasteiger partial charge < -0.3 is 10.1 Å². The molecular formula is C25H32FN3O2. The first-order chi connectivity index (χ1) is 14.9. The summed E-state index contributed by atoms with van der Waals surface area (Å²) in [4.78, 5) is 16.9. The number of ether oxygens (including phenoxy) is 1. The van der Waals surface area contributed by atoms with Gasteiger partial charge in [-0.15, -0.1) is 0 Å². The molecule has 31 heavy (non-hydrogen) atoms. The highest BCUT2D eigenvalue weighted by molar-refractivity contribution is 5.96. The third-order valence-corrected chi connectivity index (χ3v) is 6.67. The van der Waals surface area contributed by atoms with E-state index in [0.29, 0.717) is 12.2 Å². The molecule has 2 amide bonds. The van der Waals surface area contributed by atoms with Gasteiger partial charge in [-0.1, -0.05) is 25.1 Å². The number of benzene rings is 2. The molecule has 2 fully saturated rings. The first-order valence-electron chi connectivity index (χ1n) is 11.2. The van der Waals surface area contributed by atoms with Crippen molar-refractivity contribution in [2.45, 2.75) is 64.3 Å². The lowest BCUT2D eigenvalue weighted by Gasteiger charge is -2.47. The molecule has 6 heteroatoms. The van der Waals surface area contributed by atoms with Crippen molar-refractivity contribution in [3.05, 3.63) is 59.9 Å². The predicted molar refractivity (Wildman–Crippen MR) is 121 cm³/mol. The minimum atomic E-state index is -0.322. The van der Waals surface area contributed by atoms with Crippen LogP contribution in [0.5, 0.6) is 5.75 Å². The van der Waals surface area contributed by atoms with Gasteiger partial charge in [0.15, 0.2) is 0 Å². The Kier molecular flexibility index (Phi) is 6.19. The summed E-state index contributed by atoms with van der Waals surface area (Å²) in [5, 5.41) is 2.99. The topological polar surface area (TPSA) is 44.8 Å². The number of urea groups is 1. The number of amides is 2. The van der Waals surface area contributed by atoms with E-state index in [-0.39, 0.29) is 29.5 Å². The number of carbonyl (C=O) groups is 1. The number of hydrogen-bond acceptors (Lipinski definition) is 3. The number of rotatable bonds is 6. The van der Waals surface area contributed by atoms with Crippen LogP contribution in [0.2, 0.25) is 0 Å². The van der Waals surface area contributed by atoms with E-state index in [1.165, 1.54) is 17.7 Å². The molecule has 0 saturated carbocycles. The normalized spacial score (nSPS) is 25.0. The molecule has 0 bridgehead atoms. The maximum Gasteiger partial charge on any atom is 0.322 e. The fourth-order valence-electron chi connectivity index (χ4n) is 4.84. The molecule has 2 saturated heterocycles. The predicted octanol–water partition coefficient (Wildman–Crippen LogP) is 4.96. The van der Waals surface area contributed by atoms with E-state index in [1.54, 1.807) is 11.0 Å². The minimum Gasteiger partial charge on any atom is -0.491 e. The smallest absolute Gasteiger partial charge is 0.322 e. The third-order valence-electron chi connectivity index (χ3n) is 6.67. The summed E-state index contributed by atoms with van der Waals surface area (Å²) in [5.74, 6) is 0.591. The molecule has 2 aromatic carbocycles. The van der Waals surface area contributed by atoms with Crippen molar-refractivity contribution in [3.8, 4) is 5.75 Å². The number of anilines is 1. The van der Waals surface area contributed by atoms with E-state index in [0.717, 1.165) is 38.1 Å². The highest BCUT2D eigenvalue weighted by atomic mass is 19.1. The summed E-state index contributed by atoms with van der Waals surface area (Å²) < 4.78 is 19.8. The van der Waals surface area contributed by atoms with Crippen LogP contribution in [0.3, 0.4) is 0 Å². The number of piperidine rings is 1. The molecule has 0 aromatic heterocycles. The zero-order chi connectivity index (χ0) is 22.0. The molecule has 3 atom stereocenters. The zero-order valence-electron chi connectivity index (χ0n) is 18.6. The lowest BCUT2D eigenvalue weighted by Crippen LogP contribution is -2.57. The minimum absolute atomic E-state index is 0.138. The second-order valence-electron chi connectivity index (χ2n) is 8.96. The van der Waals surface area contributed by atoms with E-state index in [4.69, 9.17) is 4.74 Å². The van der Waals surface area contributed by atoms with Crippen LogP contribution in [0.25, 0.3) is 0 Å². The van der Waals surface area contributed by atoms with Crippen molar-refractivity contribution in [1.29, 1.82) is 0 Å². The first-order valence-corrected chi connectivity index (χ1v) is 11.2. The quantitative estimate of drug-likeness (QED) is 0.712. The van der Waals surface area contributed by atoms with Crippen molar-refractivity contribution >= 4 is 11.7 Å². The summed E-state index contributed by atoms with van der Waals surface area (Å²) in [6.45, 7) is 8.73. The van der Waals surface area contributed by atoms with E-state index in [1.807, 2.05) is 18.2 Å². The second-order valence-corrected chi connectivity index (χ2v) is 8.96. The molecule has 2 aliphatic heterocycles. The van der Waals surface area contributed by atoms with Crippen molar-refractivity contribution < 1.29 is 13.9 Å². The van der Waals surface area contributed by atoms with Crippen LogP contribution >= 0.6 is 0 Å². The standard InChI is InChI=1S/C25H32FN3O2/c1-4-19(3)31-23-10-5-7-20(13-23)16-28-12-11-25(15-18(28)2)17-27-24(30)29(25)22-9-6-8-21(26)14-22/h5-10,13-14,18-19H,4,11-12,15-17H2,1-3H3,(H,27,30)/t18-,19-,25+/m1/s1. The maximum absolute atomic E-state index is 13.8. The fraction of sp³-hybridized carbons (Fsp3) is 0.480. The monoisotopic (exact) mass is 425 g/mol. The lowest BCUT2D eigenvalue weighted by molar-refractivity contribution is 0.105. The molecule has 1 spiro atoms. The molecule has 2 aliphatic rings. The van der Waals surface area contributed by atoms with Crippen molar-refractivity contribution in [3.63, 3.8) is 0 Å². The molecule has 0 radical (unpaired) electrons. The van der Waals surface area contributed by atoms with Crippen LogP contribution < -0.4 is 15.0 Å². The average Bonchev–Trinajstić information content (AvgIpc) is 3.06. The molecule has 2 aromatic rings. The van der Waals surface area contributed by atoms with Crippen LogP contribution in [-0.4, -0.2) is 41.7 Å². The Bertz CT molecular complexity index is 936. The number of halogens is 1. The first kappa shape index (κ1) is 21.6. The highest BCUT2D eigenvalue weighted by Gasteiger charge is 2.49. The van der Waals surface area contributed by atoms with Gasteiger partial charge in [0, 0.05) is 31.4 Å². The fourth-order valence-corrected chi connectivity index (χ4v) is 4.84. The van der Waals surface area contributed by atoms with Gasteiger partial charge in [-0.3, -0.25) is 9.80 Å². The number of carbonyl (C=O) groups excluding carboxylic acids is 1. The van der Waals surface area contributed by atoms with E-state index >= 15 is 0 Å². The molecular weight excluding hydrogens is 393 g/mol. The van der Waals surface area contributed by atoms with Gasteiger partial charge in [0.25, 0.3) is 0 Å². The third kappa shape index (κ3) is 4.54. The van der Waals surface area contributed by atoms with Crippen LogP contribution in [-0.2, 0) is 6.54 Å². The lowest BCUT2D eigenvalue weighted by atomic mass is 9.82. The van der Waals surface area contributed by atoms with Crippen molar-refractivity contribution in [2.24, 2.45) is 0 Å². The Morgan fingerprint density at radius 1 is 1.26 bits per heavy atom. The summed E-state index contributed by atoms with van der Waals surface area (Å²) in [5.41, 5.74) is 1.54. The van der Waals surface area contributed by atoms with Gasteiger partial charge in [0.05, 0.1) is 11.6 Å². The number of nitrogens with one attached hydrogen (secondary N) is 1. The van der Waals surface area contributed by atoms with E-state index in [9.17, 15) is 9.18 Å². The zero-order valence-corrected chi connectivity index (χ0v) is 18.6. The maximum atomic E-state index is 13.8. The van der Waals surface area contributed by atoms with Crippen LogP contribution in [0, 0.1) is 5.82 Å². The molecule has 2 heterocycles. The van der Waals surface area contributed by atoms with Gasteiger partial charge in [-0.2, -0.15) is 0 Å². The molecule has 0 unspecified atom stereocenters. The van der Waals surface area contributed by atoms with Gasteiger partial charge in [0.1, 0.15) is 11.6 Å². The molecule has 166 valence electrons. The number of hydrogen-bond donors (Lipinski definition) is 1. The largest absolute Gasteiger partial charge is 0.491 e. The second kappa shape index (κ2) is 8.87. The van der Waals surface area contributed by atoms with E-state index < -0.39 is 0 Å². The Labute approximate surface area is 184 Å². The average molecular weight is 426 g/mol. The molecule has 5 nitrogen and oxygen atoms in total. The molecule has 1 N–H and O–H groups in total. The Morgan fingerprint density at radius 2 is 2.06 bits per heavy atom. The summed E-state index contributed by atoms with van der Waals surface area (Å²) in [6, 6.07) is 14.8.